The Hall–Kier alpha value is -1.95. The maximum absolute atomic E-state index is 4.49. The molecule has 3 atom stereocenters. The molecule has 34 heavy (non-hydrogen) atoms. The first-order chi connectivity index (χ1) is 16.5. The highest BCUT2D eigenvalue weighted by Crippen LogP contribution is 2.60. The van der Waals surface area contributed by atoms with E-state index in [2.05, 4.69) is 44.6 Å². The molecule has 182 valence electrons. The smallest absolute Gasteiger partial charge is 0.148 e. The lowest BCUT2D eigenvalue weighted by molar-refractivity contribution is -0.0674. The minimum atomic E-state index is 0.685. The molecule has 5 saturated carbocycles. The number of aromatic nitrogens is 4. The Morgan fingerprint density at radius 2 is 1.76 bits per heavy atom. The van der Waals surface area contributed by atoms with Crippen LogP contribution in [0.1, 0.15) is 56.9 Å². The number of hydrogen-bond acceptors (Lipinski definition) is 5. The molecule has 5 aliphatic carbocycles. The monoisotopic (exact) mass is 460 g/mol. The lowest BCUT2D eigenvalue weighted by Crippen LogP contribution is -2.51. The molecule has 0 amide bonds. The second-order valence-corrected chi connectivity index (χ2v) is 12.9. The maximum atomic E-state index is 4.49. The second-order valence-electron chi connectivity index (χ2n) is 12.9. The van der Waals surface area contributed by atoms with E-state index in [1.807, 2.05) is 17.9 Å². The predicted octanol–water partition coefficient (Wildman–Crippen LogP) is 4.77. The summed E-state index contributed by atoms with van der Waals surface area (Å²) in [6.07, 6.45) is 14.0. The van der Waals surface area contributed by atoms with Crippen LogP contribution in [-0.4, -0.2) is 51.1 Å². The number of likely N-dealkylation sites (tertiary alicyclic amines) is 1. The molecule has 6 heteroatoms. The lowest BCUT2D eigenvalue weighted by Gasteiger charge is -2.57. The minimum absolute atomic E-state index is 0.685. The van der Waals surface area contributed by atoms with Crippen LogP contribution in [0.2, 0.25) is 0 Å². The van der Waals surface area contributed by atoms with Crippen molar-refractivity contribution in [3.63, 3.8) is 0 Å². The molecular formula is C28H40N6. The molecule has 3 unspecified atom stereocenters. The van der Waals surface area contributed by atoms with Crippen molar-refractivity contribution < 1.29 is 0 Å². The van der Waals surface area contributed by atoms with Gasteiger partial charge in [0.05, 0.1) is 11.9 Å². The van der Waals surface area contributed by atoms with Crippen LogP contribution in [0.5, 0.6) is 0 Å². The Bertz CT molecular complexity index is 987. The fraction of sp³-hybridized carbons (Fsp3) is 0.750. The van der Waals surface area contributed by atoms with E-state index in [0.717, 1.165) is 64.8 Å². The summed E-state index contributed by atoms with van der Waals surface area (Å²) >= 11 is 0. The van der Waals surface area contributed by atoms with Crippen LogP contribution in [0.15, 0.2) is 18.3 Å². The molecule has 2 aromatic rings. The first kappa shape index (κ1) is 21.3. The van der Waals surface area contributed by atoms with Gasteiger partial charge in [-0.15, -0.1) is 10.2 Å². The van der Waals surface area contributed by atoms with Crippen LogP contribution in [0.3, 0.4) is 0 Å². The van der Waals surface area contributed by atoms with E-state index in [4.69, 9.17) is 0 Å². The number of nitrogens with zero attached hydrogens (tertiary/aromatic N) is 5. The SMILES string of the molecule is Cc1cnn(C)c1-c1ccc(NCC2CCC3CN(CC45CC6CC(CC(C6)C4)C5)CC23)nn1. The van der Waals surface area contributed by atoms with Crippen molar-refractivity contribution in [2.75, 3.05) is 31.5 Å². The van der Waals surface area contributed by atoms with Gasteiger partial charge in [0.1, 0.15) is 11.5 Å². The number of fused-ring (bicyclic) bond motifs is 1. The molecule has 3 heterocycles. The minimum Gasteiger partial charge on any atom is -0.368 e. The highest BCUT2D eigenvalue weighted by molar-refractivity contribution is 5.59. The Kier molecular flexibility index (Phi) is 5.05. The van der Waals surface area contributed by atoms with Crippen LogP contribution in [0, 0.1) is 47.8 Å². The van der Waals surface area contributed by atoms with Gasteiger partial charge in [-0.2, -0.15) is 5.10 Å². The number of hydrogen-bond donors (Lipinski definition) is 1. The van der Waals surface area contributed by atoms with Gasteiger partial charge < -0.3 is 10.2 Å². The number of nitrogens with one attached hydrogen (secondary N) is 1. The Labute approximate surface area is 203 Å². The Balaban J connectivity index is 0.959. The summed E-state index contributed by atoms with van der Waals surface area (Å²) in [4.78, 5) is 2.90. The molecule has 1 aliphatic heterocycles. The molecule has 0 spiro atoms. The average Bonchev–Trinajstić information content (AvgIpc) is 3.46. The summed E-state index contributed by atoms with van der Waals surface area (Å²) in [6.45, 7) is 7.21. The zero-order chi connectivity index (χ0) is 22.9. The molecule has 1 saturated heterocycles. The fourth-order valence-electron chi connectivity index (χ4n) is 9.51. The Morgan fingerprint density at radius 3 is 2.41 bits per heavy atom. The molecule has 6 fully saturated rings. The zero-order valence-corrected chi connectivity index (χ0v) is 20.9. The molecule has 8 rings (SSSR count). The lowest BCUT2D eigenvalue weighted by atomic mass is 9.49. The van der Waals surface area contributed by atoms with Crippen molar-refractivity contribution in [2.24, 2.45) is 48.0 Å². The molecule has 2 aromatic heterocycles. The van der Waals surface area contributed by atoms with E-state index in [1.165, 1.54) is 32.5 Å². The standard InChI is InChI=1S/C28H40N6/c1-18-13-30-33(2)27(18)25-5-6-26(32-31-25)29-14-22-3-4-23-15-34(16-24(22)23)17-28-10-19-7-20(11-28)9-21(8-19)12-28/h5-6,13,19-24H,3-4,7-12,14-17H2,1-2H3,(H,29,32). The maximum Gasteiger partial charge on any atom is 0.148 e. The molecule has 1 N–H and O–H groups in total. The molecule has 0 aromatic carbocycles. The normalized spacial score (nSPS) is 38.5. The molecule has 4 bridgehead atoms. The van der Waals surface area contributed by atoms with E-state index < -0.39 is 0 Å². The van der Waals surface area contributed by atoms with Crippen LogP contribution < -0.4 is 5.32 Å². The zero-order valence-electron chi connectivity index (χ0n) is 20.9. The topological polar surface area (TPSA) is 58.9 Å². The third kappa shape index (κ3) is 3.68. The molecule has 0 radical (unpaired) electrons. The van der Waals surface area contributed by atoms with Gasteiger partial charge in [0.15, 0.2) is 0 Å². The van der Waals surface area contributed by atoms with E-state index in [9.17, 15) is 0 Å². The first-order valence-corrected chi connectivity index (χ1v) is 13.8. The van der Waals surface area contributed by atoms with E-state index in [-0.39, 0.29) is 0 Å². The molecule has 6 nitrogen and oxygen atoms in total. The summed E-state index contributed by atoms with van der Waals surface area (Å²) in [5.41, 5.74) is 3.75. The van der Waals surface area contributed by atoms with Crippen molar-refractivity contribution in [1.29, 1.82) is 0 Å². The number of anilines is 1. The van der Waals surface area contributed by atoms with Crippen LogP contribution in [0.25, 0.3) is 11.4 Å². The second kappa shape index (κ2) is 8.04. The van der Waals surface area contributed by atoms with Gasteiger partial charge in [0.2, 0.25) is 0 Å². The average molecular weight is 461 g/mol. The first-order valence-electron chi connectivity index (χ1n) is 13.8. The molecule has 6 aliphatic rings. The van der Waals surface area contributed by atoms with Gasteiger partial charge in [-0.25, -0.2) is 0 Å². The highest BCUT2D eigenvalue weighted by atomic mass is 15.3. The highest BCUT2D eigenvalue weighted by Gasteiger charge is 2.52. The fourth-order valence-corrected chi connectivity index (χ4v) is 9.51. The van der Waals surface area contributed by atoms with Crippen molar-refractivity contribution in [1.82, 2.24) is 24.9 Å². The summed E-state index contributed by atoms with van der Waals surface area (Å²) in [5, 5.41) is 16.9. The van der Waals surface area contributed by atoms with Gasteiger partial charge in [-0.3, -0.25) is 4.68 Å². The summed E-state index contributed by atoms with van der Waals surface area (Å²) in [7, 11) is 1.96. The van der Waals surface area contributed by atoms with Crippen LogP contribution >= 0.6 is 0 Å². The van der Waals surface area contributed by atoms with Gasteiger partial charge in [-0.05, 0) is 117 Å². The van der Waals surface area contributed by atoms with Crippen molar-refractivity contribution in [3.8, 4) is 11.4 Å². The summed E-state index contributed by atoms with van der Waals surface area (Å²) in [6, 6.07) is 4.15. The van der Waals surface area contributed by atoms with Gasteiger partial charge in [0, 0.05) is 33.2 Å². The van der Waals surface area contributed by atoms with E-state index in [1.54, 1.807) is 38.5 Å². The third-order valence-electron chi connectivity index (χ3n) is 10.4. The number of aryl methyl sites for hydroxylation is 2. The third-order valence-corrected chi connectivity index (χ3v) is 10.4. The van der Waals surface area contributed by atoms with Crippen LogP contribution in [-0.2, 0) is 7.05 Å². The Morgan fingerprint density at radius 1 is 1.00 bits per heavy atom. The van der Waals surface area contributed by atoms with Crippen LogP contribution in [0.4, 0.5) is 5.82 Å². The summed E-state index contributed by atoms with van der Waals surface area (Å²) < 4.78 is 1.88. The number of rotatable bonds is 6. The quantitative estimate of drug-likeness (QED) is 0.673. The predicted molar refractivity (Wildman–Crippen MR) is 134 cm³/mol. The van der Waals surface area contributed by atoms with E-state index in [0.29, 0.717) is 5.41 Å². The van der Waals surface area contributed by atoms with Gasteiger partial charge in [0.25, 0.3) is 0 Å². The van der Waals surface area contributed by atoms with Crippen molar-refractivity contribution >= 4 is 5.82 Å². The van der Waals surface area contributed by atoms with Gasteiger partial charge in [-0.1, -0.05) is 0 Å². The largest absolute Gasteiger partial charge is 0.368 e. The summed E-state index contributed by atoms with van der Waals surface area (Å²) in [5.74, 6) is 6.66. The van der Waals surface area contributed by atoms with Gasteiger partial charge >= 0.3 is 0 Å². The van der Waals surface area contributed by atoms with Crippen molar-refractivity contribution in [2.45, 2.75) is 58.3 Å². The molecular weight excluding hydrogens is 420 g/mol. The van der Waals surface area contributed by atoms with E-state index >= 15 is 0 Å². The van der Waals surface area contributed by atoms with Crippen molar-refractivity contribution in [3.05, 3.63) is 23.9 Å².